The third kappa shape index (κ3) is 3.55. The fourth-order valence-corrected chi connectivity index (χ4v) is 3.25. The van der Waals surface area contributed by atoms with Crippen LogP contribution in [-0.4, -0.2) is 48.1 Å². The molecule has 21 heavy (non-hydrogen) atoms. The highest BCUT2D eigenvalue weighted by molar-refractivity contribution is 5.48. The molecule has 1 saturated heterocycles. The molecule has 4 nitrogen and oxygen atoms in total. The monoisotopic (exact) mass is 288 g/mol. The lowest BCUT2D eigenvalue weighted by Crippen LogP contribution is -2.47. The minimum absolute atomic E-state index is 0.249. The van der Waals surface area contributed by atoms with Crippen LogP contribution in [0.1, 0.15) is 37.3 Å². The van der Waals surface area contributed by atoms with E-state index in [1.807, 2.05) is 6.20 Å². The summed E-state index contributed by atoms with van der Waals surface area (Å²) >= 11 is 0. The lowest BCUT2D eigenvalue weighted by atomic mass is 10.0. The van der Waals surface area contributed by atoms with Gasteiger partial charge in [0, 0.05) is 44.5 Å². The molecule has 0 aromatic carbocycles. The topological polar surface area (TPSA) is 45.4 Å². The van der Waals surface area contributed by atoms with Crippen LogP contribution in [0.25, 0.3) is 0 Å². The van der Waals surface area contributed by atoms with Crippen LogP contribution >= 0.6 is 0 Å². The summed E-state index contributed by atoms with van der Waals surface area (Å²) < 4.78 is 0. The summed E-state index contributed by atoms with van der Waals surface area (Å²) in [5.41, 5.74) is 8.60. The van der Waals surface area contributed by atoms with Crippen molar-refractivity contribution in [1.29, 1.82) is 0 Å². The molecule has 1 unspecified atom stereocenters. The number of hydrogen-bond donors (Lipinski definition) is 1. The van der Waals surface area contributed by atoms with Gasteiger partial charge in [0.15, 0.2) is 0 Å². The summed E-state index contributed by atoms with van der Waals surface area (Å²) in [5.74, 6) is 1.17. The predicted octanol–water partition coefficient (Wildman–Crippen LogP) is 1.95. The van der Waals surface area contributed by atoms with Gasteiger partial charge < -0.3 is 10.6 Å². The molecule has 1 aromatic rings. The Balaban J connectivity index is 1.62. The first kappa shape index (κ1) is 14.8. The minimum Gasteiger partial charge on any atom is -0.354 e. The number of aromatic nitrogens is 1. The molecule has 2 heterocycles. The molecule has 2 fully saturated rings. The van der Waals surface area contributed by atoms with Crippen LogP contribution in [0.3, 0.4) is 0 Å². The molecule has 1 atom stereocenters. The maximum Gasteiger partial charge on any atom is 0.131 e. The number of piperazine rings is 1. The summed E-state index contributed by atoms with van der Waals surface area (Å²) in [5, 5.41) is 0. The summed E-state index contributed by atoms with van der Waals surface area (Å²) in [7, 11) is 0. The van der Waals surface area contributed by atoms with Gasteiger partial charge in [-0.15, -0.1) is 0 Å². The molecule has 116 valence electrons. The van der Waals surface area contributed by atoms with E-state index >= 15 is 0 Å². The van der Waals surface area contributed by atoms with E-state index in [4.69, 9.17) is 10.7 Å². The summed E-state index contributed by atoms with van der Waals surface area (Å²) in [6, 6.07) is 3.41. The van der Waals surface area contributed by atoms with Crippen molar-refractivity contribution in [3.63, 3.8) is 0 Å². The zero-order valence-corrected chi connectivity index (χ0v) is 13.4. The number of anilines is 1. The molecule has 0 bridgehead atoms. The summed E-state index contributed by atoms with van der Waals surface area (Å²) in [4.78, 5) is 9.81. The Kier molecular flexibility index (Phi) is 4.45. The Morgan fingerprint density at radius 3 is 2.57 bits per heavy atom. The molecule has 2 N–H and O–H groups in total. The first-order valence-electron chi connectivity index (χ1n) is 8.37. The Bertz CT molecular complexity index is 476. The number of pyridine rings is 1. The molecule has 0 radical (unpaired) electrons. The molecule has 4 heteroatoms. The van der Waals surface area contributed by atoms with Crippen molar-refractivity contribution in [2.45, 2.75) is 51.6 Å². The van der Waals surface area contributed by atoms with Crippen molar-refractivity contribution >= 4 is 5.82 Å². The van der Waals surface area contributed by atoms with Gasteiger partial charge in [-0.2, -0.15) is 0 Å². The number of nitrogens with two attached hydrogens (primary N) is 1. The second-order valence-corrected chi connectivity index (χ2v) is 6.61. The smallest absolute Gasteiger partial charge is 0.131 e. The number of hydrogen-bond acceptors (Lipinski definition) is 4. The fourth-order valence-electron chi connectivity index (χ4n) is 3.25. The molecule has 0 spiro atoms. The Hall–Kier alpha value is -1.13. The third-order valence-corrected chi connectivity index (χ3v) is 4.81. The molecule has 3 rings (SSSR count). The third-order valence-electron chi connectivity index (χ3n) is 4.81. The maximum absolute atomic E-state index is 6.04. The molecule has 1 aliphatic heterocycles. The SMILES string of the molecule is CCC(N)Cc1cnc(N2CCN(C3CC3)CC2)c(C)c1. The van der Waals surface area contributed by atoms with Gasteiger partial charge in [0.05, 0.1) is 0 Å². The van der Waals surface area contributed by atoms with E-state index in [1.54, 1.807) is 0 Å². The van der Waals surface area contributed by atoms with E-state index in [0.29, 0.717) is 0 Å². The summed E-state index contributed by atoms with van der Waals surface area (Å²) in [6.07, 6.45) is 6.78. The molecule has 1 saturated carbocycles. The van der Waals surface area contributed by atoms with Gasteiger partial charge >= 0.3 is 0 Å². The van der Waals surface area contributed by atoms with Gasteiger partial charge in [0.25, 0.3) is 0 Å². The Morgan fingerprint density at radius 1 is 1.29 bits per heavy atom. The zero-order chi connectivity index (χ0) is 14.8. The van der Waals surface area contributed by atoms with Gasteiger partial charge in [-0.3, -0.25) is 4.90 Å². The average molecular weight is 288 g/mol. The van der Waals surface area contributed by atoms with Gasteiger partial charge in [-0.05, 0) is 43.7 Å². The van der Waals surface area contributed by atoms with Crippen molar-refractivity contribution in [2.75, 3.05) is 31.1 Å². The minimum atomic E-state index is 0.249. The first-order valence-corrected chi connectivity index (χ1v) is 8.37. The molecular weight excluding hydrogens is 260 g/mol. The van der Waals surface area contributed by atoms with E-state index in [2.05, 4.69) is 29.7 Å². The molecule has 0 amide bonds. The van der Waals surface area contributed by atoms with Crippen molar-refractivity contribution in [3.05, 3.63) is 23.4 Å². The Labute approximate surface area is 128 Å². The van der Waals surface area contributed by atoms with Crippen molar-refractivity contribution in [1.82, 2.24) is 9.88 Å². The van der Waals surface area contributed by atoms with Crippen molar-refractivity contribution in [2.24, 2.45) is 5.73 Å². The van der Waals surface area contributed by atoms with Gasteiger partial charge in [0.2, 0.25) is 0 Å². The van der Waals surface area contributed by atoms with Gasteiger partial charge in [-0.25, -0.2) is 4.98 Å². The van der Waals surface area contributed by atoms with Crippen LogP contribution in [0.2, 0.25) is 0 Å². The highest BCUT2D eigenvalue weighted by atomic mass is 15.3. The summed E-state index contributed by atoms with van der Waals surface area (Å²) in [6.45, 7) is 8.91. The number of nitrogens with zero attached hydrogens (tertiary/aromatic N) is 3. The highest BCUT2D eigenvalue weighted by Crippen LogP contribution is 2.28. The van der Waals surface area contributed by atoms with E-state index in [9.17, 15) is 0 Å². The van der Waals surface area contributed by atoms with Crippen LogP contribution in [0.4, 0.5) is 5.82 Å². The number of aryl methyl sites for hydroxylation is 1. The number of rotatable bonds is 5. The van der Waals surface area contributed by atoms with E-state index in [-0.39, 0.29) is 6.04 Å². The molecule has 1 aromatic heterocycles. The molecular formula is C17H28N4. The van der Waals surface area contributed by atoms with Gasteiger partial charge in [-0.1, -0.05) is 13.0 Å². The second kappa shape index (κ2) is 6.32. The second-order valence-electron chi connectivity index (χ2n) is 6.61. The van der Waals surface area contributed by atoms with Crippen molar-refractivity contribution in [3.8, 4) is 0 Å². The predicted molar refractivity (Wildman–Crippen MR) is 87.8 cm³/mol. The van der Waals surface area contributed by atoms with Crippen LogP contribution in [0, 0.1) is 6.92 Å². The Morgan fingerprint density at radius 2 is 2.00 bits per heavy atom. The highest BCUT2D eigenvalue weighted by Gasteiger charge is 2.31. The van der Waals surface area contributed by atoms with Crippen molar-refractivity contribution < 1.29 is 0 Å². The lowest BCUT2D eigenvalue weighted by molar-refractivity contribution is 0.247. The van der Waals surface area contributed by atoms with Crippen LogP contribution in [0.5, 0.6) is 0 Å². The normalized spacial score (nSPS) is 21.6. The lowest BCUT2D eigenvalue weighted by Gasteiger charge is -2.36. The van der Waals surface area contributed by atoms with Crippen LogP contribution < -0.4 is 10.6 Å². The van der Waals surface area contributed by atoms with Crippen LogP contribution in [-0.2, 0) is 6.42 Å². The first-order chi connectivity index (χ1) is 10.2. The van der Waals surface area contributed by atoms with Gasteiger partial charge in [0.1, 0.15) is 5.82 Å². The van der Waals surface area contributed by atoms with Crippen LogP contribution in [0.15, 0.2) is 12.3 Å². The van der Waals surface area contributed by atoms with E-state index < -0.39 is 0 Å². The largest absolute Gasteiger partial charge is 0.354 e. The fraction of sp³-hybridized carbons (Fsp3) is 0.706. The molecule has 1 aliphatic carbocycles. The molecule has 2 aliphatic rings. The quantitative estimate of drug-likeness (QED) is 0.899. The standard InChI is InChI=1S/C17H28N4/c1-3-15(18)11-14-10-13(2)17(19-12-14)21-8-6-20(7-9-21)16-4-5-16/h10,12,15-16H,3-9,11,18H2,1-2H3. The zero-order valence-electron chi connectivity index (χ0n) is 13.4. The van der Waals surface area contributed by atoms with E-state index in [0.717, 1.165) is 32.0 Å². The average Bonchev–Trinajstić information content (AvgIpc) is 3.32. The maximum atomic E-state index is 6.04. The van der Waals surface area contributed by atoms with E-state index in [1.165, 1.54) is 42.9 Å².